The van der Waals surface area contributed by atoms with E-state index in [2.05, 4.69) is 17.2 Å². The minimum Gasteiger partial charge on any atom is -0.364 e. The third kappa shape index (κ3) is 2.81. The highest BCUT2D eigenvalue weighted by atomic mass is 32.3. The number of allylic oxidation sites excluding steroid dienone is 3. The van der Waals surface area contributed by atoms with Gasteiger partial charge in [0.05, 0.1) is 0 Å². The van der Waals surface area contributed by atoms with Crippen molar-refractivity contribution in [2.45, 2.75) is 64.1 Å². The Balaban J connectivity index is 1.60. The van der Waals surface area contributed by atoms with Gasteiger partial charge in [0.15, 0.2) is 5.79 Å². The summed E-state index contributed by atoms with van der Waals surface area (Å²) in [5.41, 5.74) is 3.45. The average Bonchev–Trinajstić information content (AvgIpc) is 2.80. The summed E-state index contributed by atoms with van der Waals surface area (Å²) in [6.45, 7) is 2.10. The van der Waals surface area contributed by atoms with Crippen molar-refractivity contribution in [2.75, 3.05) is 0 Å². The normalized spacial score (nSPS) is 41.1. The number of ketones is 1. The summed E-state index contributed by atoms with van der Waals surface area (Å²) in [5, 5.41) is 10.4. The second-order valence-electron chi connectivity index (χ2n) is 8.19. The first-order chi connectivity index (χ1) is 11.6. The SMILES string of the molecule is C[C@]12CC[C@H]3C(=CCC4=C3CC[C@](O)(OS(=O)(=O)O)C4)[C@@H]1CCC2=O. The lowest BCUT2D eigenvalue weighted by Crippen LogP contribution is -2.42. The van der Waals surface area contributed by atoms with Gasteiger partial charge in [0.25, 0.3) is 0 Å². The molecule has 0 unspecified atom stereocenters. The summed E-state index contributed by atoms with van der Waals surface area (Å²) in [4.78, 5) is 12.3. The van der Waals surface area contributed by atoms with E-state index in [0.717, 1.165) is 24.8 Å². The zero-order chi connectivity index (χ0) is 18.0. The molecule has 4 aliphatic carbocycles. The van der Waals surface area contributed by atoms with Gasteiger partial charge < -0.3 is 5.11 Å². The van der Waals surface area contributed by atoms with Gasteiger partial charge in [0, 0.05) is 30.6 Å². The van der Waals surface area contributed by atoms with E-state index in [1.807, 2.05) is 0 Å². The number of fused-ring (bicyclic) bond motifs is 4. The van der Waals surface area contributed by atoms with Crippen molar-refractivity contribution in [3.8, 4) is 0 Å². The van der Waals surface area contributed by atoms with Crippen LogP contribution in [0.3, 0.4) is 0 Å². The van der Waals surface area contributed by atoms with Crippen LogP contribution >= 0.6 is 0 Å². The average molecular weight is 368 g/mol. The predicted octanol–water partition coefficient (Wildman–Crippen LogP) is 2.70. The van der Waals surface area contributed by atoms with Crippen molar-refractivity contribution < 1.29 is 27.1 Å². The molecule has 0 bridgehead atoms. The first-order valence-corrected chi connectivity index (χ1v) is 10.3. The number of hydrogen-bond acceptors (Lipinski definition) is 5. The highest BCUT2D eigenvalue weighted by Crippen LogP contribution is 2.58. The van der Waals surface area contributed by atoms with E-state index >= 15 is 0 Å². The number of hydrogen-bond donors (Lipinski definition) is 2. The van der Waals surface area contributed by atoms with Crippen LogP contribution in [0, 0.1) is 17.3 Å². The molecule has 0 spiro atoms. The third-order valence-corrected chi connectivity index (χ3v) is 7.34. The molecule has 138 valence electrons. The molecule has 0 aromatic heterocycles. The van der Waals surface area contributed by atoms with Gasteiger partial charge in [0.1, 0.15) is 5.78 Å². The number of aliphatic hydroxyl groups is 1. The first kappa shape index (κ1) is 17.4. The van der Waals surface area contributed by atoms with Gasteiger partial charge in [-0.2, -0.15) is 8.42 Å². The quantitative estimate of drug-likeness (QED) is 0.441. The Kier molecular flexibility index (Phi) is 3.82. The molecule has 2 fully saturated rings. The Morgan fingerprint density at radius 3 is 2.72 bits per heavy atom. The van der Waals surface area contributed by atoms with Gasteiger partial charge in [-0.3, -0.25) is 9.35 Å². The maximum atomic E-state index is 12.3. The number of carbonyl (C=O) groups is 1. The number of rotatable bonds is 2. The summed E-state index contributed by atoms with van der Waals surface area (Å²) in [6.07, 6.45) is 7.06. The van der Waals surface area contributed by atoms with Crippen LogP contribution in [0.4, 0.5) is 0 Å². The molecule has 2 saturated carbocycles. The fourth-order valence-electron chi connectivity index (χ4n) is 5.61. The maximum Gasteiger partial charge on any atom is 0.400 e. The second kappa shape index (κ2) is 5.49. The van der Waals surface area contributed by atoms with Crippen LogP contribution in [-0.4, -0.2) is 29.6 Å². The van der Waals surface area contributed by atoms with E-state index in [4.69, 9.17) is 4.55 Å². The second-order valence-corrected chi connectivity index (χ2v) is 9.22. The molecule has 0 aliphatic heterocycles. The molecule has 0 saturated heterocycles. The van der Waals surface area contributed by atoms with E-state index in [1.54, 1.807) is 0 Å². The van der Waals surface area contributed by atoms with Crippen molar-refractivity contribution >= 4 is 16.2 Å². The molecule has 0 aromatic carbocycles. The Bertz CT molecular complexity index is 794. The smallest absolute Gasteiger partial charge is 0.364 e. The molecule has 2 N–H and O–H groups in total. The van der Waals surface area contributed by atoms with Crippen molar-refractivity contribution in [2.24, 2.45) is 17.3 Å². The van der Waals surface area contributed by atoms with Crippen molar-refractivity contribution in [1.29, 1.82) is 0 Å². The van der Waals surface area contributed by atoms with E-state index in [0.29, 0.717) is 36.9 Å². The minimum absolute atomic E-state index is 0.100. The van der Waals surface area contributed by atoms with Gasteiger partial charge in [-0.1, -0.05) is 29.7 Å². The van der Waals surface area contributed by atoms with Crippen LogP contribution < -0.4 is 0 Å². The summed E-state index contributed by atoms with van der Waals surface area (Å²) >= 11 is 0. The van der Waals surface area contributed by atoms with Crippen LogP contribution in [0.15, 0.2) is 22.8 Å². The lowest BCUT2D eigenvalue weighted by atomic mass is 9.58. The van der Waals surface area contributed by atoms with Crippen LogP contribution in [-0.2, 0) is 19.4 Å². The van der Waals surface area contributed by atoms with Crippen LogP contribution in [0.1, 0.15) is 58.3 Å². The van der Waals surface area contributed by atoms with Gasteiger partial charge in [-0.25, -0.2) is 4.18 Å². The van der Waals surface area contributed by atoms with Gasteiger partial charge in [0.2, 0.25) is 0 Å². The molecule has 0 radical (unpaired) electrons. The minimum atomic E-state index is -4.69. The highest BCUT2D eigenvalue weighted by Gasteiger charge is 2.53. The zero-order valence-corrected chi connectivity index (χ0v) is 15.1. The molecule has 7 heteroatoms. The number of carbonyl (C=O) groups excluding carboxylic acids is 1. The molecule has 6 nitrogen and oxygen atoms in total. The zero-order valence-electron chi connectivity index (χ0n) is 14.3. The molecule has 4 aliphatic rings. The Morgan fingerprint density at radius 2 is 2.00 bits per heavy atom. The fourth-order valence-corrected chi connectivity index (χ4v) is 6.14. The molecule has 4 atom stereocenters. The highest BCUT2D eigenvalue weighted by molar-refractivity contribution is 7.80. The predicted molar refractivity (Wildman–Crippen MR) is 89.7 cm³/mol. The Labute approximate surface area is 147 Å². The van der Waals surface area contributed by atoms with Crippen LogP contribution in [0.2, 0.25) is 0 Å². The van der Waals surface area contributed by atoms with Gasteiger partial charge in [-0.05, 0) is 38.0 Å². The van der Waals surface area contributed by atoms with Gasteiger partial charge >= 0.3 is 10.4 Å². The summed E-state index contributed by atoms with van der Waals surface area (Å²) in [7, 11) is -4.69. The van der Waals surface area contributed by atoms with Crippen molar-refractivity contribution in [3.63, 3.8) is 0 Å². The van der Waals surface area contributed by atoms with E-state index < -0.39 is 16.2 Å². The van der Waals surface area contributed by atoms with Crippen LogP contribution in [0.5, 0.6) is 0 Å². The monoisotopic (exact) mass is 368 g/mol. The van der Waals surface area contributed by atoms with E-state index in [-0.39, 0.29) is 18.3 Å². The molecular weight excluding hydrogens is 344 g/mol. The Morgan fingerprint density at radius 1 is 1.24 bits per heavy atom. The topological polar surface area (TPSA) is 101 Å². The third-order valence-electron chi connectivity index (χ3n) is 6.82. The van der Waals surface area contributed by atoms with Crippen molar-refractivity contribution in [3.05, 3.63) is 22.8 Å². The summed E-state index contributed by atoms with van der Waals surface area (Å²) in [5.74, 6) is -0.841. The fraction of sp³-hybridized carbons (Fsp3) is 0.722. The van der Waals surface area contributed by atoms with E-state index in [1.165, 1.54) is 11.1 Å². The lowest BCUT2D eigenvalue weighted by Gasteiger charge is -2.46. The van der Waals surface area contributed by atoms with Crippen LogP contribution in [0.25, 0.3) is 0 Å². The largest absolute Gasteiger partial charge is 0.400 e. The molecule has 0 aromatic rings. The number of Topliss-reactive ketones (excluding diaryl/α,β-unsaturated/α-hetero) is 1. The summed E-state index contributed by atoms with van der Waals surface area (Å²) < 4.78 is 35.4. The maximum absolute atomic E-state index is 12.3. The van der Waals surface area contributed by atoms with Crippen molar-refractivity contribution in [1.82, 2.24) is 0 Å². The Hall–Kier alpha value is -1.02. The van der Waals surface area contributed by atoms with E-state index in [9.17, 15) is 18.3 Å². The molecule has 0 amide bonds. The molecular formula is C18H24O6S. The molecule has 25 heavy (non-hydrogen) atoms. The first-order valence-electron chi connectivity index (χ1n) is 8.96. The summed E-state index contributed by atoms with van der Waals surface area (Å²) in [6, 6.07) is 0. The molecule has 4 rings (SSSR count). The lowest BCUT2D eigenvalue weighted by molar-refractivity contribution is -0.146. The molecule has 0 heterocycles. The standard InChI is InChI=1S/C18H24O6S/c1-17-8-6-13-12-7-9-18(20,24-25(21,22)23)10-11(12)2-3-14(13)15(17)4-5-16(17)19/h3,13,15,20H,2,4-10H2,1H3,(H,21,22,23)/t13-,15+,17+,18+/m1/s1. The van der Waals surface area contributed by atoms with Gasteiger partial charge in [-0.15, -0.1) is 0 Å².